The maximum atomic E-state index is 11.7. The van der Waals surface area contributed by atoms with E-state index >= 15 is 0 Å². The second-order valence-electron chi connectivity index (χ2n) is 5.16. The molecule has 3 N–H and O–H groups in total. The van der Waals surface area contributed by atoms with E-state index in [1.165, 1.54) is 5.69 Å². The Hall–Kier alpha value is -0.490. The number of benzene rings is 1. The fourth-order valence-corrected chi connectivity index (χ4v) is 2.61. The molecule has 1 aliphatic heterocycles. The van der Waals surface area contributed by atoms with E-state index in [0.29, 0.717) is 6.42 Å². The summed E-state index contributed by atoms with van der Waals surface area (Å²) in [6.07, 6.45) is 1.38. The fraction of sp³-hybridized carbons (Fsp3) is 0.500. The van der Waals surface area contributed by atoms with Gasteiger partial charge in [0.1, 0.15) is 0 Å². The minimum absolute atomic E-state index is 0. The molecule has 0 saturated carbocycles. The van der Waals surface area contributed by atoms with Crippen molar-refractivity contribution < 1.29 is 4.79 Å². The number of carbonyl (C=O) groups excluding carboxylic acids is 1. The molecule has 0 aliphatic carbocycles. The number of nitrogens with zero attached hydrogens (tertiary/aromatic N) is 1. The van der Waals surface area contributed by atoms with Crippen molar-refractivity contribution >= 4 is 52.3 Å². The Kier molecular flexibility index (Phi) is 9.29. The van der Waals surface area contributed by atoms with Crippen molar-refractivity contribution in [1.82, 2.24) is 5.32 Å². The maximum absolute atomic E-state index is 11.7. The van der Waals surface area contributed by atoms with Crippen molar-refractivity contribution in [3.05, 3.63) is 28.7 Å². The SMILES string of the molecule is CC(N)CC(=O)NC1CCN(c2ccc(Br)cc2)C1.Cl.Cl. The van der Waals surface area contributed by atoms with E-state index in [2.05, 4.69) is 38.3 Å². The van der Waals surface area contributed by atoms with E-state index in [4.69, 9.17) is 5.73 Å². The van der Waals surface area contributed by atoms with Crippen LogP contribution in [-0.2, 0) is 4.79 Å². The van der Waals surface area contributed by atoms with Gasteiger partial charge < -0.3 is 16.0 Å². The highest BCUT2D eigenvalue weighted by Gasteiger charge is 2.24. The van der Waals surface area contributed by atoms with Crippen molar-refractivity contribution in [2.45, 2.75) is 31.8 Å². The van der Waals surface area contributed by atoms with Crippen molar-refractivity contribution in [2.24, 2.45) is 5.73 Å². The van der Waals surface area contributed by atoms with Crippen LogP contribution in [0.3, 0.4) is 0 Å². The number of hydrogen-bond acceptors (Lipinski definition) is 3. The van der Waals surface area contributed by atoms with E-state index in [1.807, 2.05) is 19.1 Å². The smallest absolute Gasteiger partial charge is 0.221 e. The molecule has 4 nitrogen and oxygen atoms in total. The molecule has 1 amide bonds. The molecule has 1 aromatic rings. The van der Waals surface area contributed by atoms with Gasteiger partial charge in [0.05, 0.1) is 0 Å². The molecule has 0 radical (unpaired) electrons. The standard InChI is InChI=1S/C14H20BrN3O.2ClH/c1-10(16)8-14(19)17-12-6-7-18(9-12)13-4-2-11(15)3-5-13;;/h2-5,10,12H,6-9,16H2,1H3,(H,17,19);2*1H. The lowest BCUT2D eigenvalue weighted by Gasteiger charge is -2.19. The summed E-state index contributed by atoms with van der Waals surface area (Å²) in [5.41, 5.74) is 6.83. The number of hydrogen-bond donors (Lipinski definition) is 2. The molecule has 120 valence electrons. The predicted octanol–water partition coefficient (Wildman–Crippen LogP) is 2.72. The maximum Gasteiger partial charge on any atom is 0.221 e. The lowest BCUT2D eigenvalue weighted by molar-refractivity contribution is -0.121. The first-order valence-corrected chi connectivity index (χ1v) is 7.39. The Morgan fingerprint density at radius 2 is 2.05 bits per heavy atom. The normalized spacial score (nSPS) is 18.4. The molecule has 21 heavy (non-hydrogen) atoms. The Morgan fingerprint density at radius 3 is 2.62 bits per heavy atom. The summed E-state index contributed by atoms with van der Waals surface area (Å²) in [6, 6.07) is 8.42. The van der Waals surface area contributed by atoms with Crippen molar-refractivity contribution in [2.75, 3.05) is 18.0 Å². The average Bonchev–Trinajstić information content (AvgIpc) is 2.77. The van der Waals surface area contributed by atoms with Crippen LogP contribution >= 0.6 is 40.7 Å². The van der Waals surface area contributed by atoms with Gasteiger partial charge in [0, 0.05) is 41.8 Å². The third-order valence-corrected chi connectivity index (χ3v) is 3.78. The lowest BCUT2D eigenvalue weighted by atomic mass is 10.2. The van der Waals surface area contributed by atoms with Gasteiger partial charge in [-0.2, -0.15) is 0 Å². The highest BCUT2D eigenvalue weighted by molar-refractivity contribution is 9.10. The zero-order valence-electron chi connectivity index (χ0n) is 11.9. The van der Waals surface area contributed by atoms with Gasteiger partial charge in [0.25, 0.3) is 0 Å². The van der Waals surface area contributed by atoms with Gasteiger partial charge in [0.15, 0.2) is 0 Å². The van der Waals surface area contributed by atoms with Crippen LogP contribution in [0.2, 0.25) is 0 Å². The molecule has 0 bridgehead atoms. The predicted molar refractivity (Wildman–Crippen MR) is 95.7 cm³/mol. The number of nitrogens with two attached hydrogens (primary N) is 1. The Balaban J connectivity index is 0.00000200. The zero-order valence-corrected chi connectivity index (χ0v) is 15.1. The molecule has 7 heteroatoms. The molecule has 2 atom stereocenters. The van der Waals surface area contributed by atoms with Crippen molar-refractivity contribution in [3.8, 4) is 0 Å². The first kappa shape index (κ1) is 20.5. The molecule has 1 saturated heterocycles. The summed E-state index contributed by atoms with van der Waals surface area (Å²) < 4.78 is 1.08. The van der Waals surface area contributed by atoms with Crippen molar-refractivity contribution in [3.63, 3.8) is 0 Å². The molecule has 2 unspecified atom stereocenters. The van der Waals surface area contributed by atoms with Gasteiger partial charge in [-0.3, -0.25) is 4.79 Å². The first-order chi connectivity index (χ1) is 9.04. The lowest BCUT2D eigenvalue weighted by Crippen LogP contribution is -2.39. The number of rotatable bonds is 4. The summed E-state index contributed by atoms with van der Waals surface area (Å²) in [5, 5.41) is 3.05. The molecule has 2 rings (SSSR count). The largest absolute Gasteiger partial charge is 0.369 e. The minimum atomic E-state index is -0.0796. The molecule has 0 aromatic heterocycles. The Bertz CT molecular complexity index is 442. The second kappa shape index (κ2) is 9.51. The van der Waals surface area contributed by atoms with E-state index in [0.717, 1.165) is 24.0 Å². The third kappa shape index (κ3) is 6.43. The van der Waals surface area contributed by atoms with Crippen LogP contribution in [0.15, 0.2) is 28.7 Å². The Labute approximate surface area is 146 Å². The van der Waals surface area contributed by atoms with Crippen LogP contribution in [0.1, 0.15) is 19.8 Å². The van der Waals surface area contributed by atoms with Crippen LogP contribution < -0.4 is 16.0 Å². The topological polar surface area (TPSA) is 58.4 Å². The molecular formula is C14H22BrCl2N3O. The summed E-state index contributed by atoms with van der Waals surface area (Å²) in [6.45, 7) is 3.69. The summed E-state index contributed by atoms with van der Waals surface area (Å²) in [7, 11) is 0. The van der Waals surface area contributed by atoms with E-state index in [9.17, 15) is 4.79 Å². The number of anilines is 1. The first-order valence-electron chi connectivity index (χ1n) is 6.60. The zero-order chi connectivity index (χ0) is 13.8. The molecule has 1 aromatic carbocycles. The summed E-state index contributed by atoms with van der Waals surface area (Å²) >= 11 is 3.43. The van der Waals surface area contributed by atoms with Crippen LogP contribution in [0.4, 0.5) is 5.69 Å². The molecule has 0 spiro atoms. The highest BCUT2D eigenvalue weighted by Crippen LogP contribution is 2.22. The van der Waals surface area contributed by atoms with Crippen LogP contribution in [0, 0.1) is 0 Å². The van der Waals surface area contributed by atoms with Crippen molar-refractivity contribution in [1.29, 1.82) is 0 Å². The number of nitrogens with one attached hydrogen (secondary N) is 1. The Morgan fingerprint density at radius 1 is 1.43 bits per heavy atom. The molecular weight excluding hydrogens is 377 g/mol. The van der Waals surface area contributed by atoms with Crippen LogP contribution in [0.25, 0.3) is 0 Å². The summed E-state index contributed by atoms with van der Waals surface area (Å²) in [5.74, 6) is 0.0534. The number of halogens is 3. The van der Waals surface area contributed by atoms with E-state index < -0.39 is 0 Å². The highest BCUT2D eigenvalue weighted by atomic mass is 79.9. The third-order valence-electron chi connectivity index (χ3n) is 3.25. The quantitative estimate of drug-likeness (QED) is 0.819. The molecule has 1 aliphatic rings. The van der Waals surface area contributed by atoms with Crippen LogP contribution in [-0.4, -0.2) is 31.1 Å². The number of carbonyl (C=O) groups is 1. The van der Waals surface area contributed by atoms with Gasteiger partial charge in [0.2, 0.25) is 5.91 Å². The van der Waals surface area contributed by atoms with Gasteiger partial charge in [-0.15, -0.1) is 24.8 Å². The minimum Gasteiger partial charge on any atom is -0.369 e. The average molecular weight is 399 g/mol. The van der Waals surface area contributed by atoms with Gasteiger partial charge in [-0.25, -0.2) is 0 Å². The molecule has 1 heterocycles. The van der Waals surface area contributed by atoms with E-state index in [-0.39, 0.29) is 42.8 Å². The van der Waals surface area contributed by atoms with Gasteiger partial charge in [-0.1, -0.05) is 15.9 Å². The van der Waals surface area contributed by atoms with Crippen LogP contribution in [0.5, 0.6) is 0 Å². The fourth-order valence-electron chi connectivity index (χ4n) is 2.34. The molecule has 1 fully saturated rings. The van der Waals surface area contributed by atoms with Gasteiger partial charge in [-0.05, 0) is 37.6 Å². The second-order valence-corrected chi connectivity index (χ2v) is 6.07. The van der Waals surface area contributed by atoms with E-state index in [1.54, 1.807) is 0 Å². The summed E-state index contributed by atoms with van der Waals surface area (Å²) in [4.78, 5) is 14.0. The monoisotopic (exact) mass is 397 g/mol. The number of amides is 1. The van der Waals surface area contributed by atoms with Gasteiger partial charge >= 0.3 is 0 Å².